The Labute approximate surface area is 253 Å². The summed E-state index contributed by atoms with van der Waals surface area (Å²) in [7, 11) is 4.08. The minimum Gasteiger partial charge on any atom is -0.444 e. The van der Waals surface area contributed by atoms with Crippen LogP contribution in [0.25, 0.3) is 17.7 Å². The SMILES string of the molecule is CN(C)c1ccc2c(c1)OC1(C=Cc3ccc(N(Cc4ccccc4)Cc4ccccc4)cc3O1)C(c1ccccc1)=C2. The van der Waals surface area contributed by atoms with Gasteiger partial charge in [-0.05, 0) is 53.1 Å². The molecule has 0 saturated heterocycles. The van der Waals surface area contributed by atoms with Crippen molar-refractivity contribution in [3.63, 3.8) is 0 Å². The van der Waals surface area contributed by atoms with Crippen molar-refractivity contribution in [3.05, 3.63) is 161 Å². The van der Waals surface area contributed by atoms with Crippen LogP contribution in [0.2, 0.25) is 0 Å². The van der Waals surface area contributed by atoms with Crippen molar-refractivity contribution in [1.29, 1.82) is 0 Å². The zero-order chi connectivity index (χ0) is 29.2. The van der Waals surface area contributed by atoms with Gasteiger partial charge in [-0.15, -0.1) is 0 Å². The summed E-state index contributed by atoms with van der Waals surface area (Å²) >= 11 is 0. The largest absolute Gasteiger partial charge is 0.444 e. The second-order valence-corrected chi connectivity index (χ2v) is 11.3. The van der Waals surface area contributed by atoms with Crippen LogP contribution in [-0.4, -0.2) is 19.9 Å². The van der Waals surface area contributed by atoms with Crippen molar-refractivity contribution >= 4 is 29.1 Å². The predicted molar refractivity (Wildman–Crippen MR) is 177 cm³/mol. The fraction of sp³-hybridized carbons (Fsp3) is 0.128. The molecule has 0 radical (unpaired) electrons. The Hall–Kier alpha value is -5.22. The number of nitrogens with zero attached hydrogens (tertiary/aromatic N) is 2. The van der Waals surface area contributed by atoms with E-state index in [1.54, 1.807) is 0 Å². The third-order valence-electron chi connectivity index (χ3n) is 8.07. The van der Waals surface area contributed by atoms with E-state index in [1.807, 2.05) is 26.2 Å². The molecule has 4 nitrogen and oxygen atoms in total. The monoisotopic (exact) mass is 562 g/mol. The lowest BCUT2D eigenvalue weighted by Gasteiger charge is -2.40. The van der Waals surface area contributed by atoms with Gasteiger partial charge in [0.2, 0.25) is 0 Å². The zero-order valence-corrected chi connectivity index (χ0v) is 24.5. The Morgan fingerprint density at radius 2 is 1.12 bits per heavy atom. The standard InChI is InChI=1S/C39H34N2O2/c1-40(2)34-20-19-33-24-36(31-16-10-5-11-17-31)39(43-38(33)25-34)23-22-32-18-21-35(26-37(32)42-39)41(27-29-12-6-3-7-13-29)28-30-14-8-4-9-15-30/h3-26H,27-28H2,1-2H3. The van der Waals surface area contributed by atoms with E-state index in [0.717, 1.165) is 58.2 Å². The topological polar surface area (TPSA) is 24.9 Å². The molecule has 2 aliphatic heterocycles. The highest BCUT2D eigenvalue weighted by atomic mass is 16.7. The zero-order valence-electron chi connectivity index (χ0n) is 24.5. The summed E-state index contributed by atoms with van der Waals surface area (Å²) in [5.74, 6) is 0.485. The molecule has 2 heterocycles. The number of ether oxygens (including phenoxy) is 2. The summed E-state index contributed by atoms with van der Waals surface area (Å²) in [6.45, 7) is 1.56. The second kappa shape index (κ2) is 11.2. The Balaban J connectivity index is 1.28. The molecule has 212 valence electrons. The van der Waals surface area contributed by atoms with E-state index in [4.69, 9.17) is 9.47 Å². The summed E-state index contributed by atoms with van der Waals surface area (Å²) in [5, 5.41) is 0. The van der Waals surface area contributed by atoms with Crippen LogP contribution < -0.4 is 19.3 Å². The molecule has 0 fully saturated rings. The molecule has 7 rings (SSSR count). The van der Waals surface area contributed by atoms with Gasteiger partial charge in [-0.25, -0.2) is 0 Å². The molecule has 1 unspecified atom stereocenters. The van der Waals surface area contributed by atoms with Gasteiger partial charge in [0.05, 0.1) is 0 Å². The van der Waals surface area contributed by atoms with E-state index in [1.165, 1.54) is 11.1 Å². The molecule has 5 aromatic carbocycles. The van der Waals surface area contributed by atoms with Gasteiger partial charge in [0.15, 0.2) is 0 Å². The third-order valence-corrected chi connectivity index (χ3v) is 8.07. The molecular formula is C39H34N2O2. The number of rotatable bonds is 7. The molecule has 2 aliphatic rings. The van der Waals surface area contributed by atoms with Crippen molar-refractivity contribution in [2.45, 2.75) is 18.9 Å². The van der Waals surface area contributed by atoms with Crippen LogP contribution in [0.15, 0.2) is 133 Å². The van der Waals surface area contributed by atoms with Crippen LogP contribution in [0.5, 0.6) is 11.5 Å². The molecule has 0 amide bonds. The second-order valence-electron chi connectivity index (χ2n) is 11.3. The molecule has 43 heavy (non-hydrogen) atoms. The number of benzene rings is 5. The van der Waals surface area contributed by atoms with E-state index >= 15 is 0 Å². The summed E-state index contributed by atoms with van der Waals surface area (Å²) < 4.78 is 13.8. The molecule has 5 aromatic rings. The number of hydrogen-bond donors (Lipinski definition) is 0. The van der Waals surface area contributed by atoms with Crippen LogP contribution in [-0.2, 0) is 13.1 Å². The van der Waals surface area contributed by atoms with E-state index in [0.29, 0.717) is 0 Å². The van der Waals surface area contributed by atoms with Crippen molar-refractivity contribution in [2.75, 3.05) is 23.9 Å². The highest BCUT2D eigenvalue weighted by Crippen LogP contribution is 2.47. The Bertz CT molecular complexity index is 1750. The maximum Gasteiger partial charge on any atom is 0.299 e. The first-order valence-electron chi connectivity index (χ1n) is 14.7. The van der Waals surface area contributed by atoms with Gasteiger partial charge < -0.3 is 19.3 Å². The maximum absolute atomic E-state index is 6.96. The van der Waals surface area contributed by atoms with E-state index in [-0.39, 0.29) is 0 Å². The molecule has 4 heteroatoms. The van der Waals surface area contributed by atoms with Gasteiger partial charge in [-0.2, -0.15) is 0 Å². The van der Waals surface area contributed by atoms with Gasteiger partial charge in [-0.1, -0.05) is 91.0 Å². The van der Waals surface area contributed by atoms with Crippen LogP contribution in [0.4, 0.5) is 11.4 Å². The third kappa shape index (κ3) is 5.40. The lowest BCUT2D eigenvalue weighted by molar-refractivity contribution is -0.0211. The quantitative estimate of drug-likeness (QED) is 0.198. The minimum atomic E-state index is -1.10. The molecule has 0 N–H and O–H groups in total. The first-order valence-corrected chi connectivity index (χ1v) is 14.7. The predicted octanol–water partition coefficient (Wildman–Crippen LogP) is 8.69. The average molecular weight is 563 g/mol. The van der Waals surface area contributed by atoms with Gasteiger partial charge >= 0.3 is 0 Å². The first kappa shape index (κ1) is 26.7. The molecule has 0 aromatic heterocycles. The van der Waals surface area contributed by atoms with Gasteiger partial charge in [0, 0.05) is 73.5 Å². The summed E-state index contributed by atoms with van der Waals surface area (Å²) in [6.07, 6.45) is 6.37. The summed E-state index contributed by atoms with van der Waals surface area (Å²) in [6, 6.07) is 44.4. The van der Waals surface area contributed by atoms with E-state index in [2.05, 4.69) is 143 Å². The summed E-state index contributed by atoms with van der Waals surface area (Å²) in [4.78, 5) is 4.48. The molecule has 1 atom stereocenters. The fourth-order valence-electron chi connectivity index (χ4n) is 5.77. The Morgan fingerprint density at radius 3 is 1.74 bits per heavy atom. The average Bonchev–Trinajstić information content (AvgIpc) is 3.05. The Morgan fingerprint density at radius 1 is 0.581 bits per heavy atom. The van der Waals surface area contributed by atoms with Crippen LogP contribution in [0, 0.1) is 0 Å². The molecular weight excluding hydrogens is 528 g/mol. The Kier molecular flexibility index (Phi) is 6.96. The summed E-state index contributed by atoms with van der Waals surface area (Å²) in [5.41, 5.74) is 8.76. The molecule has 1 spiro atoms. The van der Waals surface area contributed by atoms with Crippen LogP contribution >= 0.6 is 0 Å². The van der Waals surface area contributed by atoms with Crippen molar-refractivity contribution in [3.8, 4) is 11.5 Å². The normalized spacial score (nSPS) is 16.4. The maximum atomic E-state index is 6.96. The van der Waals surface area contributed by atoms with Crippen molar-refractivity contribution in [2.24, 2.45) is 0 Å². The number of anilines is 2. The van der Waals surface area contributed by atoms with E-state index < -0.39 is 5.79 Å². The number of fused-ring (bicyclic) bond motifs is 2. The van der Waals surface area contributed by atoms with Crippen LogP contribution in [0.1, 0.15) is 27.8 Å². The first-order chi connectivity index (χ1) is 21.1. The lowest BCUT2D eigenvalue weighted by atomic mass is 9.90. The van der Waals surface area contributed by atoms with Gasteiger partial charge in [0.1, 0.15) is 11.5 Å². The van der Waals surface area contributed by atoms with Gasteiger partial charge in [-0.3, -0.25) is 0 Å². The van der Waals surface area contributed by atoms with Crippen molar-refractivity contribution < 1.29 is 9.47 Å². The smallest absolute Gasteiger partial charge is 0.299 e. The lowest BCUT2D eigenvalue weighted by Crippen LogP contribution is -2.44. The van der Waals surface area contributed by atoms with Crippen LogP contribution in [0.3, 0.4) is 0 Å². The van der Waals surface area contributed by atoms with Crippen molar-refractivity contribution in [1.82, 2.24) is 0 Å². The molecule has 0 aliphatic carbocycles. The highest BCUT2D eigenvalue weighted by Gasteiger charge is 2.43. The highest BCUT2D eigenvalue weighted by molar-refractivity contribution is 5.92. The fourth-order valence-corrected chi connectivity index (χ4v) is 5.77. The minimum absolute atomic E-state index is 0.780. The van der Waals surface area contributed by atoms with Gasteiger partial charge in [0.25, 0.3) is 5.79 Å². The number of hydrogen-bond acceptors (Lipinski definition) is 4. The molecule has 0 saturated carbocycles. The van der Waals surface area contributed by atoms with E-state index in [9.17, 15) is 0 Å². The molecule has 0 bridgehead atoms.